The van der Waals surface area contributed by atoms with Crippen molar-refractivity contribution in [2.45, 2.75) is 25.2 Å². The van der Waals surface area contributed by atoms with E-state index >= 15 is 0 Å². The Labute approximate surface area is 144 Å². The molecule has 0 unspecified atom stereocenters. The zero-order valence-corrected chi connectivity index (χ0v) is 13.8. The Hall–Kier alpha value is -2.48. The van der Waals surface area contributed by atoms with Crippen LogP contribution < -0.4 is 0 Å². The molecule has 25 heavy (non-hydrogen) atoms. The molecule has 6 nitrogen and oxygen atoms in total. The molecule has 0 saturated carbocycles. The lowest BCUT2D eigenvalue weighted by atomic mass is 10.1. The van der Waals surface area contributed by atoms with E-state index in [4.69, 9.17) is 0 Å². The number of hydrogen-bond acceptors (Lipinski definition) is 5. The highest BCUT2D eigenvalue weighted by Gasteiger charge is 2.34. The third-order valence-electron chi connectivity index (χ3n) is 4.27. The molecular formula is C17H19F2N5O. The van der Waals surface area contributed by atoms with E-state index in [1.807, 2.05) is 4.90 Å². The van der Waals surface area contributed by atoms with Crippen LogP contribution >= 0.6 is 0 Å². The third-order valence-corrected chi connectivity index (χ3v) is 4.27. The summed E-state index contributed by atoms with van der Waals surface area (Å²) in [4.78, 5) is 27.7. The van der Waals surface area contributed by atoms with Crippen molar-refractivity contribution < 1.29 is 13.6 Å². The smallest absolute Gasteiger partial charge is 0.256 e. The SMILES string of the molecule is CN(C[C@@H]1C[C@H](F)CN1Cc1ncccn1)C(=O)c1ccncc1F. The normalized spacial score (nSPS) is 20.6. The maximum Gasteiger partial charge on any atom is 0.256 e. The van der Waals surface area contributed by atoms with Gasteiger partial charge in [-0.2, -0.15) is 0 Å². The zero-order valence-electron chi connectivity index (χ0n) is 13.8. The van der Waals surface area contributed by atoms with Crippen LogP contribution in [-0.2, 0) is 6.54 Å². The van der Waals surface area contributed by atoms with Crippen LogP contribution in [0.1, 0.15) is 22.6 Å². The first kappa shape index (κ1) is 17.3. The highest BCUT2D eigenvalue weighted by atomic mass is 19.1. The summed E-state index contributed by atoms with van der Waals surface area (Å²) in [6.07, 6.45) is 5.02. The number of carbonyl (C=O) groups excluding carboxylic acids is 1. The Morgan fingerprint density at radius 1 is 1.36 bits per heavy atom. The lowest BCUT2D eigenvalue weighted by Crippen LogP contribution is -2.41. The molecule has 2 atom stereocenters. The summed E-state index contributed by atoms with van der Waals surface area (Å²) in [6, 6.07) is 2.90. The molecule has 1 fully saturated rings. The van der Waals surface area contributed by atoms with E-state index in [9.17, 15) is 13.6 Å². The van der Waals surface area contributed by atoms with Gasteiger partial charge in [0.25, 0.3) is 5.91 Å². The fourth-order valence-corrected chi connectivity index (χ4v) is 3.05. The number of pyridine rings is 1. The van der Waals surface area contributed by atoms with E-state index in [1.54, 1.807) is 25.5 Å². The number of nitrogens with zero attached hydrogens (tertiary/aromatic N) is 5. The van der Waals surface area contributed by atoms with Crippen LogP contribution in [0.5, 0.6) is 0 Å². The highest BCUT2D eigenvalue weighted by Crippen LogP contribution is 2.23. The number of carbonyl (C=O) groups is 1. The van der Waals surface area contributed by atoms with Crippen molar-refractivity contribution in [1.82, 2.24) is 24.8 Å². The number of alkyl halides is 1. The van der Waals surface area contributed by atoms with Gasteiger partial charge in [-0.15, -0.1) is 0 Å². The number of halogens is 2. The molecule has 1 aliphatic heterocycles. The van der Waals surface area contributed by atoms with Gasteiger partial charge in [0.05, 0.1) is 18.3 Å². The second-order valence-corrected chi connectivity index (χ2v) is 6.12. The van der Waals surface area contributed by atoms with E-state index in [1.165, 1.54) is 17.2 Å². The molecule has 0 aliphatic carbocycles. The van der Waals surface area contributed by atoms with Gasteiger partial charge in [-0.3, -0.25) is 14.7 Å². The molecule has 2 aromatic heterocycles. The second kappa shape index (κ2) is 7.60. The lowest BCUT2D eigenvalue weighted by molar-refractivity contribution is 0.0744. The van der Waals surface area contributed by atoms with Gasteiger partial charge in [0.2, 0.25) is 0 Å². The summed E-state index contributed by atoms with van der Waals surface area (Å²) in [5.74, 6) is -0.502. The molecule has 1 amide bonds. The van der Waals surface area contributed by atoms with Crippen molar-refractivity contribution in [2.75, 3.05) is 20.1 Å². The molecule has 0 bridgehead atoms. The van der Waals surface area contributed by atoms with Gasteiger partial charge in [-0.25, -0.2) is 18.7 Å². The minimum atomic E-state index is -0.963. The third kappa shape index (κ3) is 4.14. The van der Waals surface area contributed by atoms with Crippen LogP contribution in [0, 0.1) is 5.82 Å². The molecule has 0 radical (unpaired) electrons. The van der Waals surface area contributed by atoms with Gasteiger partial charge in [-0.1, -0.05) is 0 Å². The van der Waals surface area contributed by atoms with Crippen molar-refractivity contribution in [3.63, 3.8) is 0 Å². The van der Waals surface area contributed by atoms with E-state index < -0.39 is 17.9 Å². The Kier molecular flexibility index (Phi) is 5.28. The van der Waals surface area contributed by atoms with Gasteiger partial charge in [0, 0.05) is 44.8 Å². The van der Waals surface area contributed by atoms with Gasteiger partial charge in [-0.05, 0) is 18.6 Å². The van der Waals surface area contributed by atoms with Crippen molar-refractivity contribution in [1.29, 1.82) is 0 Å². The van der Waals surface area contributed by atoms with Gasteiger partial charge >= 0.3 is 0 Å². The molecule has 0 aromatic carbocycles. The van der Waals surface area contributed by atoms with Crippen LogP contribution in [0.4, 0.5) is 8.78 Å². The standard InChI is InChI=1S/C17H19F2N5O/c1-23(17(25)14-3-6-20-8-15(14)19)10-13-7-12(18)9-24(13)11-16-21-4-2-5-22-16/h2-6,8,12-13H,7,9-11H2,1H3/t12-,13-/m0/s1. The molecule has 3 rings (SSSR count). The molecule has 1 saturated heterocycles. The number of amides is 1. The molecular weight excluding hydrogens is 328 g/mol. The Bertz CT molecular complexity index is 730. The minimum absolute atomic E-state index is 0.0368. The number of hydrogen-bond donors (Lipinski definition) is 0. The summed E-state index contributed by atoms with van der Waals surface area (Å²) < 4.78 is 27.7. The predicted molar refractivity (Wildman–Crippen MR) is 86.9 cm³/mol. The van der Waals surface area contributed by atoms with Crippen LogP contribution in [0.2, 0.25) is 0 Å². The second-order valence-electron chi connectivity index (χ2n) is 6.12. The highest BCUT2D eigenvalue weighted by molar-refractivity contribution is 5.94. The molecule has 3 heterocycles. The average Bonchev–Trinajstić information content (AvgIpc) is 2.94. The van der Waals surface area contributed by atoms with Crippen molar-refractivity contribution in [3.05, 3.63) is 54.1 Å². The zero-order chi connectivity index (χ0) is 17.8. The first-order chi connectivity index (χ1) is 12.0. The molecule has 0 N–H and O–H groups in total. The van der Waals surface area contributed by atoms with Gasteiger partial charge in [0.1, 0.15) is 12.0 Å². The largest absolute Gasteiger partial charge is 0.340 e. The summed E-state index contributed by atoms with van der Waals surface area (Å²) >= 11 is 0. The van der Waals surface area contributed by atoms with Crippen LogP contribution in [0.25, 0.3) is 0 Å². The van der Waals surface area contributed by atoms with Crippen LogP contribution in [-0.4, -0.2) is 63.0 Å². The molecule has 1 aliphatic rings. The molecule has 0 spiro atoms. The molecule has 8 heteroatoms. The quantitative estimate of drug-likeness (QED) is 0.824. The van der Waals surface area contributed by atoms with Crippen LogP contribution in [0.15, 0.2) is 36.9 Å². The van der Waals surface area contributed by atoms with E-state index in [-0.39, 0.29) is 18.2 Å². The number of rotatable bonds is 5. The Balaban J connectivity index is 1.67. The van der Waals surface area contributed by atoms with E-state index in [2.05, 4.69) is 15.0 Å². The van der Waals surface area contributed by atoms with Gasteiger partial charge in [0.15, 0.2) is 5.82 Å². The number of likely N-dealkylation sites (N-methyl/N-ethyl adjacent to an activating group) is 1. The fraction of sp³-hybridized carbons (Fsp3) is 0.412. The maximum atomic E-state index is 13.9. The monoisotopic (exact) mass is 347 g/mol. The van der Waals surface area contributed by atoms with Gasteiger partial charge < -0.3 is 4.90 Å². The first-order valence-electron chi connectivity index (χ1n) is 8.03. The van der Waals surface area contributed by atoms with E-state index in [0.717, 1.165) is 6.20 Å². The topological polar surface area (TPSA) is 62.2 Å². The van der Waals surface area contributed by atoms with Crippen LogP contribution in [0.3, 0.4) is 0 Å². The average molecular weight is 347 g/mol. The Morgan fingerprint density at radius 2 is 2.12 bits per heavy atom. The maximum absolute atomic E-state index is 13.9. The number of likely N-dealkylation sites (tertiary alicyclic amines) is 1. The summed E-state index contributed by atoms with van der Waals surface area (Å²) in [7, 11) is 1.59. The van der Waals surface area contributed by atoms with Crippen molar-refractivity contribution in [3.8, 4) is 0 Å². The predicted octanol–water partition coefficient (Wildman–Crippen LogP) is 1.70. The summed E-state index contributed by atoms with van der Waals surface area (Å²) in [5, 5.41) is 0. The number of aromatic nitrogens is 3. The Morgan fingerprint density at radius 3 is 2.84 bits per heavy atom. The van der Waals surface area contributed by atoms with Crippen molar-refractivity contribution in [2.24, 2.45) is 0 Å². The van der Waals surface area contributed by atoms with Crippen molar-refractivity contribution >= 4 is 5.91 Å². The van der Waals surface area contributed by atoms with E-state index in [0.29, 0.717) is 25.3 Å². The summed E-state index contributed by atoms with van der Waals surface area (Å²) in [5.41, 5.74) is -0.0368. The summed E-state index contributed by atoms with van der Waals surface area (Å²) in [6.45, 7) is 0.986. The lowest BCUT2D eigenvalue weighted by Gasteiger charge is -2.28. The minimum Gasteiger partial charge on any atom is -0.340 e. The molecule has 132 valence electrons. The first-order valence-corrected chi connectivity index (χ1v) is 8.03. The molecule has 2 aromatic rings. The fourth-order valence-electron chi connectivity index (χ4n) is 3.05.